The Hall–Kier alpha value is -1.44. The van der Waals surface area contributed by atoms with Crippen molar-refractivity contribution in [2.45, 2.75) is 45.8 Å². The van der Waals surface area contributed by atoms with Crippen LogP contribution in [0.25, 0.3) is 0 Å². The molecule has 1 saturated heterocycles. The number of ether oxygens (including phenoxy) is 1. The Morgan fingerprint density at radius 3 is 2.57 bits per heavy atom. The van der Waals surface area contributed by atoms with Crippen molar-refractivity contribution in [1.82, 2.24) is 15.1 Å². The van der Waals surface area contributed by atoms with E-state index in [1.165, 1.54) is 4.90 Å². The number of carbonyl (C=O) groups is 3. The Morgan fingerprint density at radius 2 is 2.00 bits per heavy atom. The van der Waals surface area contributed by atoms with Gasteiger partial charge < -0.3 is 19.9 Å². The number of hydrogen-bond donors (Lipinski definition) is 1. The number of amides is 3. The van der Waals surface area contributed by atoms with Crippen molar-refractivity contribution in [2.24, 2.45) is 0 Å². The Labute approximate surface area is 142 Å². The molecule has 1 fully saturated rings. The second-order valence-corrected chi connectivity index (χ2v) is 7.43. The number of hydrogen-bond acceptors (Lipinski definition) is 5. The van der Waals surface area contributed by atoms with Crippen molar-refractivity contribution in [2.75, 3.05) is 31.8 Å². The highest BCUT2D eigenvalue weighted by Crippen LogP contribution is 2.21. The lowest BCUT2D eigenvalue weighted by atomic mass is 10.2. The summed E-state index contributed by atoms with van der Waals surface area (Å²) in [6, 6.07) is -0.417. The van der Waals surface area contributed by atoms with Crippen LogP contribution in [0.15, 0.2) is 0 Å². The molecule has 0 aromatic carbocycles. The Bertz CT molecular complexity index is 450. The molecular weight excluding hydrogens is 318 g/mol. The van der Waals surface area contributed by atoms with E-state index in [0.717, 1.165) is 0 Å². The number of carbonyl (C=O) groups excluding carboxylic acids is 3. The fourth-order valence-corrected chi connectivity index (χ4v) is 3.19. The molecule has 0 saturated carbocycles. The number of likely N-dealkylation sites (N-methyl/N-ethyl adjacent to an activating group) is 1. The lowest BCUT2D eigenvalue weighted by Gasteiger charge is -2.25. The summed E-state index contributed by atoms with van der Waals surface area (Å²) in [6.07, 6.45) is -0.0305. The van der Waals surface area contributed by atoms with Crippen LogP contribution in [0, 0.1) is 0 Å². The minimum absolute atomic E-state index is 0.0129. The molecule has 0 radical (unpaired) electrons. The SMILES string of the molecule is CCC(=O)N1CSCC1C(=O)NCCN(C)C(=O)OC(C)(C)C. The van der Waals surface area contributed by atoms with Crippen molar-refractivity contribution < 1.29 is 19.1 Å². The molecular formula is C15H27N3O4S. The lowest BCUT2D eigenvalue weighted by Crippen LogP contribution is -2.48. The van der Waals surface area contributed by atoms with Crippen molar-refractivity contribution in [3.8, 4) is 0 Å². The zero-order valence-electron chi connectivity index (χ0n) is 14.5. The molecule has 132 valence electrons. The second kappa shape index (κ2) is 8.42. The predicted molar refractivity (Wildman–Crippen MR) is 90.1 cm³/mol. The van der Waals surface area contributed by atoms with E-state index in [1.807, 2.05) is 0 Å². The molecule has 3 amide bonds. The number of thioether (sulfide) groups is 1. The average molecular weight is 345 g/mol. The van der Waals surface area contributed by atoms with Crippen LogP contribution in [-0.2, 0) is 14.3 Å². The summed E-state index contributed by atoms with van der Waals surface area (Å²) in [4.78, 5) is 38.8. The molecule has 1 heterocycles. The fourth-order valence-electron chi connectivity index (χ4n) is 2.00. The highest BCUT2D eigenvalue weighted by atomic mass is 32.2. The van der Waals surface area contributed by atoms with Crippen LogP contribution in [0.1, 0.15) is 34.1 Å². The molecule has 0 aromatic rings. The van der Waals surface area contributed by atoms with E-state index in [9.17, 15) is 14.4 Å². The smallest absolute Gasteiger partial charge is 0.410 e. The van der Waals surface area contributed by atoms with Crippen LogP contribution in [0.5, 0.6) is 0 Å². The van der Waals surface area contributed by atoms with E-state index in [-0.39, 0.29) is 11.8 Å². The summed E-state index contributed by atoms with van der Waals surface area (Å²) < 4.78 is 5.24. The molecule has 1 N–H and O–H groups in total. The van der Waals surface area contributed by atoms with Gasteiger partial charge in [0, 0.05) is 32.3 Å². The topological polar surface area (TPSA) is 79.0 Å². The minimum Gasteiger partial charge on any atom is -0.444 e. The third-order valence-electron chi connectivity index (χ3n) is 3.26. The van der Waals surface area contributed by atoms with E-state index in [4.69, 9.17) is 4.74 Å². The third-order valence-corrected chi connectivity index (χ3v) is 4.27. The summed E-state index contributed by atoms with van der Waals surface area (Å²) in [7, 11) is 1.62. The van der Waals surface area contributed by atoms with Crippen LogP contribution < -0.4 is 5.32 Å². The molecule has 1 aliphatic rings. The number of nitrogens with one attached hydrogen (secondary N) is 1. The van der Waals surface area contributed by atoms with Gasteiger partial charge in [-0.1, -0.05) is 6.92 Å². The first-order chi connectivity index (χ1) is 10.7. The first-order valence-electron chi connectivity index (χ1n) is 7.74. The predicted octanol–water partition coefficient (Wildman–Crippen LogP) is 1.28. The van der Waals surface area contributed by atoms with Gasteiger partial charge in [-0.3, -0.25) is 9.59 Å². The molecule has 1 aliphatic heterocycles. The van der Waals surface area contributed by atoms with Gasteiger partial charge in [-0.15, -0.1) is 11.8 Å². The van der Waals surface area contributed by atoms with Gasteiger partial charge in [0.15, 0.2) is 0 Å². The molecule has 7 nitrogen and oxygen atoms in total. The Morgan fingerprint density at radius 1 is 1.35 bits per heavy atom. The van der Waals surface area contributed by atoms with Crippen LogP contribution in [-0.4, -0.2) is 71.1 Å². The Balaban J connectivity index is 2.39. The second-order valence-electron chi connectivity index (χ2n) is 6.43. The zero-order chi connectivity index (χ0) is 17.6. The zero-order valence-corrected chi connectivity index (χ0v) is 15.4. The van der Waals surface area contributed by atoms with Crippen LogP contribution in [0.3, 0.4) is 0 Å². The maximum Gasteiger partial charge on any atom is 0.410 e. The molecule has 23 heavy (non-hydrogen) atoms. The monoisotopic (exact) mass is 345 g/mol. The van der Waals surface area contributed by atoms with Gasteiger partial charge in [0.05, 0.1) is 5.88 Å². The van der Waals surface area contributed by atoms with Gasteiger partial charge in [0.25, 0.3) is 0 Å². The normalized spacial score (nSPS) is 17.8. The summed E-state index contributed by atoms with van der Waals surface area (Å²) in [6.45, 7) is 7.87. The van der Waals surface area contributed by atoms with E-state index < -0.39 is 17.7 Å². The third kappa shape index (κ3) is 6.29. The summed E-state index contributed by atoms with van der Waals surface area (Å²) in [5.41, 5.74) is -0.545. The van der Waals surface area contributed by atoms with E-state index in [1.54, 1.807) is 51.4 Å². The quantitative estimate of drug-likeness (QED) is 0.812. The Kier molecular flexibility index (Phi) is 7.18. The van der Waals surface area contributed by atoms with Gasteiger partial charge in [0.2, 0.25) is 11.8 Å². The number of rotatable bonds is 5. The van der Waals surface area contributed by atoms with E-state index >= 15 is 0 Å². The van der Waals surface area contributed by atoms with Crippen molar-refractivity contribution in [3.05, 3.63) is 0 Å². The minimum atomic E-state index is -0.545. The lowest BCUT2D eigenvalue weighted by molar-refractivity contribution is -0.137. The van der Waals surface area contributed by atoms with E-state index in [0.29, 0.717) is 31.1 Å². The average Bonchev–Trinajstić information content (AvgIpc) is 2.93. The summed E-state index contributed by atoms with van der Waals surface area (Å²) >= 11 is 1.57. The molecule has 0 bridgehead atoms. The maximum atomic E-state index is 12.2. The first kappa shape index (κ1) is 19.6. The van der Waals surface area contributed by atoms with Gasteiger partial charge in [0.1, 0.15) is 11.6 Å². The molecule has 1 unspecified atom stereocenters. The van der Waals surface area contributed by atoms with Crippen LogP contribution >= 0.6 is 11.8 Å². The highest BCUT2D eigenvalue weighted by Gasteiger charge is 2.33. The summed E-state index contributed by atoms with van der Waals surface area (Å²) in [5, 5.41) is 2.79. The van der Waals surface area contributed by atoms with Gasteiger partial charge in [-0.2, -0.15) is 0 Å². The standard InChI is InChI=1S/C15H27N3O4S/c1-6-12(19)18-10-23-9-11(18)13(20)16-7-8-17(5)14(21)22-15(2,3)4/h11H,6-10H2,1-5H3,(H,16,20). The fraction of sp³-hybridized carbons (Fsp3) is 0.800. The van der Waals surface area contributed by atoms with Gasteiger partial charge in [-0.25, -0.2) is 4.79 Å². The van der Waals surface area contributed by atoms with Crippen LogP contribution in [0.4, 0.5) is 4.79 Å². The van der Waals surface area contributed by atoms with Gasteiger partial charge in [-0.05, 0) is 20.8 Å². The van der Waals surface area contributed by atoms with Crippen molar-refractivity contribution in [1.29, 1.82) is 0 Å². The largest absolute Gasteiger partial charge is 0.444 e. The highest BCUT2D eigenvalue weighted by molar-refractivity contribution is 7.99. The number of nitrogens with zero attached hydrogens (tertiary/aromatic N) is 2. The van der Waals surface area contributed by atoms with Crippen molar-refractivity contribution >= 4 is 29.7 Å². The van der Waals surface area contributed by atoms with Crippen molar-refractivity contribution in [3.63, 3.8) is 0 Å². The molecule has 0 aliphatic carbocycles. The maximum absolute atomic E-state index is 12.2. The molecule has 0 spiro atoms. The summed E-state index contributed by atoms with van der Waals surface area (Å²) in [5.74, 6) is 0.984. The molecule has 1 atom stereocenters. The molecule has 1 rings (SSSR count). The molecule has 0 aromatic heterocycles. The van der Waals surface area contributed by atoms with Gasteiger partial charge >= 0.3 is 6.09 Å². The first-order valence-corrected chi connectivity index (χ1v) is 8.90. The van der Waals surface area contributed by atoms with Crippen LogP contribution in [0.2, 0.25) is 0 Å². The van der Waals surface area contributed by atoms with E-state index in [2.05, 4.69) is 5.32 Å². The molecule has 8 heteroatoms.